The minimum atomic E-state index is -4.25. The molecule has 1 heterocycles. The fourth-order valence-corrected chi connectivity index (χ4v) is 6.08. The summed E-state index contributed by atoms with van der Waals surface area (Å²) >= 11 is 12.0. The van der Waals surface area contributed by atoms with E-state index in [4.69, 9.17) is 28.3 Å². The highest BCUT2D eigenvalue weighted by Crippen LogP contribution is 2.33. The first kappa shape index (κ1) is 30.5. The third kappa shape index (κ3) is 7.25. The first-order valence-corrected chi connectivity index (χ1v) is 15.8. The first-order valence-electron chi connectivity index (χ1n) is 11.8. The van der Waals surface area contributed by atoms with Crippen molar-refractivity contribution in [3.05, 3.63) is 82.7 Å². The van der Waals surface area contributed by atoms with Gasteiger partial charge >= 0.3 is 0 Å². The number of nitrogens with two attached hydrogens (primary N) is 1. The van der Waals surface area contributed by atoms with E-state index in [-0.39, 0.29) is 39.0 Å². The monoisotopic (exact) mass is 638 g/mol. The second-order valence-corrected chi connectivity index (χ2v) is 13.3. The van der Waals surface area contributed by atoms with Crippen molar-refractivity contribution in [1.29, 1.82) is 0 Å². The molecule has 3 aromatic carbocycles. The zero-order valence-corrected chi connectivity index (χ0v) is 24.6. The molecule has 0 radical (unpaired) electrons. The first-order chi connectivity index (χ1) is 19.3. The third-order valence-electron chi connectivity index (χ3n) is 5.66. The Balaban J connectivity index is 1.66. The number of nitrogens with one attached hydrogen (secondary N) is 3. The molecule has 0 aliphatic rings. The highest BCUT2D eigenvalue weighted by molar-refractivity contribution is 7.98. The van der Waals surface area contributed by atoms with Crippen LogP contribution in [0, 0.1) is 5.82 Å². The number of hydrogen-bond donors (Lipinski definition) is 5. The summed E-state index contributed by atoms with van der Waals surface area (Å²) in [6, 6.07) is 14.0. The lowest BCUT2D eigenvalue weighted by atomic mass is 10.1. The average molecular weight is 640 g/mol. The van der Waals surface area contributed by atoms with Gasteiger partial charge in [-0.2, -0.15) is 4.98 Å². The maximum absolute atomic E-state index is 15.2. The molecule has 216 valence electrons. The molecular formula is C26H25Cl2FN6O4S2. The zero-order valence-electron chi connectivity index (χ0n) is 21.4. The Hall–Kier alpha value is -3.46. The molecule has 0 aliphatic carbocycles. The van der Waals surface area contributed by atoms with Crippen molar-refractivity contribution >= 4 is 71.9 Å². The van der Waals surface area contributed by atoms with Gasteiger partial charge in [0, 0.05) is 28.4 Å². The summed E-state index contributed by atoms with van der Waals surface area (Å²) in [5, 5.41) is 21.1. The zero-order chi connectivity index (χ0) is 29.9. The standard InChI is InChI=1S/C26H25Cl2FN6O4S2/c1-15(14-36)32-25-19(13-31-26(34-25)33-17-5-3-6-18(12-17)40(2,30)37)16-9-10-22(21(29)11-16)35-41(38,39)23-8-4-7-20(27)24(23)28/h3-13,15,35-36H,2,14H2,1H3,(H2,30,37)(H2,31,32,33,34)/t15-,40?/m1/s1. The van der Waals surface area contributed by atoms with Crippen LogP contribution in [0.1, 0.15) is 6.92 Å². The molecule has 0 spiro atoms. The highest BCUT2D eigenvalue weighted by Gasteiger charge is 2.22. The molecule has 10 nitrogen and oxygen atoms in total. The fourth-order valence-electron chi connectivity index (χ4n) is 3.62. The van der Waals surface area contributed by atoms with Gasteiger partial charge in [0.2, 0.25) is 5.95 Å². The number of nitrogens with zero attached hydrogens (tertiary/aromatic N) is 2. The van der Waals surface area contributed by atoms with Crippen LogP contribution in [-0.4, -0.2) is 46.2 Å². The van der Waals surface area contributed by atoms with Gasteiger partial charge in [-0.1, -0.05) is 41.4 Å². The molecule has 15 heteroatoms. The van der Waals surface area contributed by atoms with Crippen molar-refractivity contribution in [1.82, 2.24) is 9.97 Å². The lowest BCUT2D eigenvalue weighted by Crippen LogP contribution is -2.21. The number of aromatic nitrogens is 2. The summed E-state index contributed by atoms with van der Waals surface area (Å²) in [5.74, 6) is 3.02. The van der Waals surface area contributed by atoms with Crippen LogP contribution >= 0.6 is 23.2 Å². The molecule has 0 amide bonds. The van der Waals surface area contributed by atoms with Gasteiger partial charge in [-0.15, -0.1) is 0 Å². The lowest BCUT2D eigenvalue weighted by Gasteiger charge is -2.17. The lowest BCUT2D eigenvalue weighted by molar-refractivity contribution is 0.281. The van der Waals surface area contributed by atoms with E-state index >= 15 is 4.39 Å². The second-order valence-electron chi connectivity index (χ2n) is 8.92. The van der Waals surface area contributed by atoms with Crippen LogP contribution in [0.5, 0.6) is 0 Å². The molecule has 1 unspecified atom stereocenters. The summed E-state index contributed by atoms with van der Waals surface area (Å²) in [4.78, 5) is 8.80. The van der Waals surface area contributed by atoms with E-state index in [0.717, 1.165) is 6.07 Å². The fraction of sp³-hybridized carbons (Fsp3) is 0.115. The predicted octanol–water partition coefficient (Wildman–Crippen LogP) is 4.88. The Morgan fingerprint density at radius 3 is 2.51 bits per heavy atom. The van der Waals surface area contributed by atoms with Crippen molar-refractivity contribution in [3.8, 4) is 11.1 Å². The minimum absolute atomic E-state index is 0.0366. The van der Waals surface area contributed by atoms with Crippen molar-refractivity contribution in [2.24, 2.45) is 5.14 Å². The van der Waals surface area contributed by atoms with Gasteiger partial charge < -0.3 is 15.7 Å². The summed E-state index contributed by atoms with van der Waals surface area (Å²) < 4.78 is 55.2. The quantitative estimate of drug-likeness (QED) is 0.154. The summed E-state index contributed by atoms with van der Waals surface area (Å²) in [5.41, 5.74) is 0.885. The molecule has 41 heavy (non-hydrogen) atoms. The molecule has 4 rings (SSSR count). The Kier molecular flexibility index (Phi) is 9.07. The van der Waals surface area contributed by atoms with Crippen LogP contribution < -0.4 is 20.5 Å². The number of anilines is 4. The average Bonchev–Trinajstić information content (AvgIpc) is 2.91. The van der Waals surface area contributed by atoms with Crippen molar-refractivity contribution < 1.29 is 22.1 Å². The maximum Gasteiger partial charge on any atom is 0.263 e. The van der Waals surface area contributed by atoms with Crippen LogP contribution in [0.2, 0.25) is 10.0 Å². The molecule has 0 bridgehead atoms. The Morgan fingerprint density at radius 1 is 1.10 bits per heavy atom. The van der Waals surface area contributed by atoms with Crippen LogP contribution in [0.15, 0.2) is 76.7 Å². The maximum atomic E-state index is 15.2. The van der Waals surface area contributed by atoms with Gasteiger partial charge in [0.05, 0.1) is 32.0 Å². The van der Waals surface area contributed by atoms with Gasteiger partial charge in [0.1, 0.15) is 16.5 Å². The van der Waals surface area contributed by atoms with E-state index in [1.165, 1.54) is 36.5 Å². The molecule has 0 saturated heterocycles. The molecule has 1 aromatic heterocycles. The summed E-state index contributed by atoms with van der Waals surface area (Å²) in [7, 11) is -7.19. The van der Waals surface area contributed by atoms with E-state index in [9.17, 15) is 17.7 Å². The van der Waals surface area contributed by atoms with Crippen LogP contribution in [0.4, 0.5) is 27.5 Å². The highest BCUT2D eigenvalue weighted by atomic mass is 35.5. The van der Waals surface area contributed by atoms with Gasteiger partial charge in [-0.05, 0) is 60.8 Å². The van der Waals surface area contributed by atoms with Gasteiger partial charge in [-0.25, -0.2) is 22.0 Å². The van der Waals surface area contributed by atoms with Crippen LogP contribution in [0.25, 0.3) is 11.1 Å². The predicted molar refractivity (Wildman–Crippen MR) is 162 cm³/mol. The number of sulfonamides is 1. The normalized spacial score (nSPS) is 13.7. The van der Waals surface area contributed by atoms with E-state index < -0.39 is 31.6 Å². The topological polar surface area (TPSA) is 159 Å². The number of aliphatic hydroxyl groups is 1. The van der Waals surface area contributed by atoms with Gasteiger partial charge in [0.25, 0.3) is 10.0 Å². The number of benzene rings is 3. The molecule has 0 fully saturated rings. The SMILES string of the molecule is C=S(N)(=O)c1cccc(Nc2ncc(-c3ccc(NS(=O)(=O)c4cccc(Cl)c4Cl)c(F)c3)c(N[C@H](C)CO)n2)c1. The molecule has 0 aliphatic heterocycles. The van der Waals surface area contributed by atoms with E-state index in [1.54, 1.807) is 31.2 Å². The number of aliphatic hydroxyl groups excluding tert-OH is 1. The van der Waals surface area contributed by atoms with E-state index in [1.807, 2.05) is 0 Å². The Morgan fingerprint density at radius 2 is 1.83 bits per heavy atom. The molecular weight excluding hydrogens is 614 g/mol. The Bertz CT molecular complexity index is 1820. The largest absolute Gasteiger partial charge is 0.394 e. The van der Waals surface area contributed by atoms with Crippen molar-refractivity contribution in [2.45, 2.75) is 22.8 Å². The van der Waals surface area contributed by atoms with Crippen LogP contribution in [-0.2, 0) is 19.7 Å². The van der Waals surface area contributed by atoms with E-state index in [0.29, 0.717) is 21.7 Å². The minimum Gasteiger partial charge on any atom is -0.394 e. The number of halogens is 3. The van der Waals surface area contributed by atoms with Gasteiger partial charge in [-0.3, -0.25) is 9.86 Å². The summed E-state index contributed by atoms with van der Waals surface area (Å²) in [6.45, 7) is 1.50. The molecule has 2 atom stereocenters. The smallest absolute Gasteiger partial charge is 0.263 e. The van der Waals surface area contributed by atoms with Crippen molar-refractivity contribution in [3.63, 3.8) is 0 Å². The molecule has 6 N–H and O–H groups in total. The Labute approximate surface area is 246 Å². The third-order valence-corrected chi connectivity index (χ3v) is 9.06. The van der Waals surface area contributed by atoms with Gasteiger partial charge in [0.15, 0.2) is 0 Å². The number of rotatable bonds is 10. The summed E-state index contributed by atoms with van der Waals surface area (Å²) in [6.07, 6.45) is 1.43. The molecule has 0 saturated carbocycles. The number of hydrogen-bond acceptors (Lipinski definition) is 8. The molecule has 4 aromatic rings. The van der Waals surface area contributed by atoms with Crippen LogP contribution in [0.3, 0.4) is 0 Å². The van der Waals surface area contributed by atoms with E-state index in [2.05, 4.69) is 31.2 Å². The second kappa shape index (κ2) is 12.2. The van der Waals surface area contributed by atoms with Crippen molar-refractivity contribution in [2.75, 3.05) is 22.0 Å².